The van der Waals surface area contributed by atoms with Gasteiger partial charge in [-0.25, -0.2) is 5.43 Å². The number of nitrogens with zero attached hydrogens (tertiary/aromatic N) is 3. The average molecular weight is 398 g/mol. The number of nitriles is 1. The highest BCUT2D eigenvalue weighted by Crippen LogP contribution is 2.37. The molecule has 1 saturated heterocycles. The number of hydrogen-bond donors (Lipinski definition) is 2. The van der Waals surface area contributed by atoms with Crippen LogP contribution in [0.2, 0.25) is 0 Å². The van der Waals surface area contributed by atoms with E-state index in [-0.39, 0.29) is 5.75 Å². The number of alkyl halides is 3. The predicted molar refractivity (Wildman–Crippen MR) is 101 cm³/mol. The molecule has 1 fully saturated rings. The third-order valence-electron chi connectivity index (χ3n) is 5.11. The van der Waals surface area contributed by atoms with Crippen LogP contribution < -0.4 is 5.43 Å². The van der Waals surface area contributed by atoms with Crippen LogP contribution in [-0.2, 0) is 6.18 Å². The molecule has 0 radical (unpaired) electrons. The van der Waals surface area contributed by atoms with Crippen LogP contribution in [0.3, 0.4) is 0 Å². The fraction of sp³-hybridized carbons (Fsp3) is 0.238. The molecule has 2 atom stereocenters. The van der Waals surface area contributed by atoms with Crippen molar-refractivity contribution in [2.24, 2.45) is 10.9 Å². The SMILES string of the molecule is CC1=C(c2ccc(O)cc2)N2NCC(C#N)C2N=C1c1ccc(C(F)(F)F)cc1. The van der Waals surface area contributed by atoms with Crippen molar-refractivity contribution in [1.82, 2.24) is 10.4 Å². The number of halogens is 3. The average Bonchev–Trinajstić information content (AvgIpc) is 3.10. The second-order valence-electron chi connectivity index (χ2n) is 6.95. The van der Waals surface area contributed by atoms with Crippen molar-refractivity contribution in [2.75, 3.05) is 6.54 Å². The number of hydrogen-bond acceptors (Lipinski definition) is 5. The van der Waals surface area contributed by atoms with E-state index in [0.717, 1.165) is 29.0 Å². The summed E-state index contributed by atoms with van der Waals surface area (Å²) >= 11 is 0. The summed E-state index contributed by atoms with van der Waals surface area (Å²) in [6, 6.07) is 13.7. The molecule has 2 aromatic rings. The van der Waals surface area contributed by atoms with Gasteiger partial charge in [-0.05, 0) is 48.9 Å². The van der Waals surface area contributed by atoms with Gasteiger partial charge >= 0.3 is 6.18 Å². The minimum Gasteiger partial charge on any atom is -0.508 e. The number of allylic oxidation sites excluding steroid dienone is 1. The van der Waals surface area contributed by atoms with Gasteiger partial charge in [0.15, 0.2) is 6.17 Å². The van der Waals surface area contributed by atoms with Crippen molar-refractivity contribution in [3.63, 3.8) is 0 Å². The molecule has 2 N–H and O–H groups in total. The molecule has 0 aromatic heterocycles. The molecule has 0 aliphatic carbocycles. The van der Waals surface area contributed by atoms with E-state index in [0.29, 0.717) is 17.8 Å². The number of aromatic hydroxyl groups is 1. The molecule has 2 aromatic carbocycles. The first-order chi connectivity index (χ1) is 13.8. The number of phenols is 1. The largest absolute Gasteiger partial charge is 0.508 e. The van der Waals surface area contributed by atoms with Crippen LogP contribution in [0, 0.1) is 17.2 Å². The van der Waals surface area contributed by atoms with Crippen LogP contribution in [0.25, 0.3) is 5.70 Å². The number of nitrogens with one attached hydrogen (secondary N) is 1. The van der Waals surface area contributed by atoms with Gasteiger partial charge in [0.2, 0.25) is 0 Å². The zero-order chi connectivity index (χ0) is 20.8. The molecule has 2 unspecified atom stereocenters. The molecule has 0 bridgehead atoms. The van der Waals surface area contributed by atoms with Gasteiger partial charge in [0.05, 0.1) is 23.0 Å². The normalized spacial score (nSPS) is 21.6. The van der Waals surface area contributed by atoms with E-state index in [4.69, 9.17) is 4.99 Å². The molecule has 2 aliphatic rings. The van der Waals surface area contributed by atoms with E-state index in [1.165, 1.54) is 12.1 Å². The molecule has 2 aliphatic heterocycles. The Hall–Kier alpha value is -3.31. The highest BCUT2D eigenvalue weighted by molar-refractivity contribution is 6.17. The molecule has 0 amide bonds. The van der Waals surface area contributed by atoms with Crippen LogP contribution >= 0.6 is 0 Å². The Morgan fingerprint density at radius 1 is 1.10 bits per heavy atom. The number of aliphatic imine (C=N–C) groups is 1. The predicted octanol–water partition coefficient (Wildman–Crippen LogP) is 3.93. The quantitative estimate of drug-likeness (QED) is 0.804. The van der Waals surface area contributed by atoms with E-state index < -0.39 is 23.8 Å². The zero-order valence-corrected chi connectivity index (χ0v) is 15.4. The van der Waals surface area contributed by atoms with Crippen LogP contribution in [-0.4, -0.2) is 28.5 Å². The Morgan fingerprint density at radius 2 is 1.72 bits per heavy atom. The maximum absolute atomic E-state index is 12.9. The minimum absolute atomic E-state index is 0.125. The molecule has 5 nitrogen and oxygen atoms in total. The van der Waals surface area contributed by atoms with Crippen LogP contribution in [0.1, 0.15) is 23.6 Å². The Labute approximate surface area is 165 Å². The van der Waals surface area contributed by atoms with Crippen molar-refractivity contribution < 1.29 is 18.3 Å². The number of phenolic OH excluding ortho intramolecular Hbond substituents is 1. The Morgan fingerprint density at radius 3 is 2.31 bits per heavy atom. The Balaban J connectivity index is 1.83. The van der Waals surface area contributed by atoms with Gasteiger partial charge in [-0.15, -0.1) is 0 Å². The highest BCUT2D eigenvalue weighted by Gasteiger charge is 2.40. The molecule has 2 heterocycles. The number of hydrazine groups is 1. The van der Waals surface area contributed by atoms with Crippen molar-refractivity contribution in [1.29, 1.82) is 5.26 Å². The Kier molecular flexibility index (Phi) is 4.55. The number of fused-ring (bicyclic) bond motifs is 1. The van der Waals surface area contributed by atoms with Gasteiger partial charge in [-0.3, -0.25) is 10.0 Å². The lowest BCUT2D eigenvalue weighted by molar-refractivity contribution is -0.137. The molecule has 0 spiro atoms. The van der Waals surface area contributed by atoms with E-state index in [9.17, 15) is 23.5 Å². The molecule has 0 saturated carbocycles. The summed E-state index contributed by atoms with van der Waals surface area (Å²) in [6.07, 6.45) is -4.91. The summed E-state index contributed by atoms with van der Waals surface area (Å²) in [7, 11) is 0. The van der Waals surface area contributed by atoms with E-state index in [1.54, 1.807) is 24.3 Å². The maximum atomic E-state index is 12.9. The molecule has 4 rings (SSSR count). The monoisotopic (exact) mass is 398 g/mol. The second-order valence-corrected chi connectivity index (χ2v) is 6.95. The van der Waals surface area contributed by atoms with Gasteiger partial charge in [-0.1, -0.05) is 12.1 Å². The fourth-order valence-electron chi connectivity index (χ4n) is 3.65. The summed E-state index contributed by atoms with van der Waals surface area (Å²) in [6.45, 7) is 2.26. The van der Waals surface area contributed by atoms with Gasteiger partial charge in [0.25, 0.3) is 0 Å². The molecule has 29 heavy (non-hydrogen) atoms. The van der Waals surface area contributed by atoms with Crippen LogP contribution in [0.5, 0.6) is 5.75 Å². The maximum Gasteiger partial charge on any atom is 0.416 e. The minimum atomic E-state index is -4.41. The zero-order valence-electron chi connectivity index (χ0n) is 15.4. The second kappa shape index (κ2) is 6.94. The van der Waals surface area contributed by atoms with Crippen molar-refractivity contribution in [2.45, 2.75) is 19.3 Å². The van der Waals surface area contributed by atoms with E-state index in [2.05, 4.69) is 11.5 Å². The van der Waals surface area contributed by atoms with Crippen molar-refractivity contribution in [3.05, 3.63) is 70.8 Å². The van der Waals surface area contributed by atoms with Gasteiger partial charge in [-0.2, -0.15) is 18.4 Å². The standard InChI is InChI=1S/C21H17F3N4O/c1-12-18(13-2-6-16(7-3-13)21(22,23)24)27-20-15(10-25)11-26-28(20)19(12)14-4-8-17(29)9-5-14/h2-9,15,20,26,29H,11H2,1H3. The van der Waals surface area contributed by atoms with Crippen molar-refractivity contribution >= 4 is 11.4 Å². The topological polar surface area (TPSA) is 71.7 Å². The summed E-state index contributed by atoms with van der Waals surface area (Å²) in [5.74, 6) is -0.278. The smallest absolute Gasteiger partial charge is 0.416 e. The third-order valence-corrected chi connectivity index (χ3v) is 5.11. The summed E-state index contributed by atoms with van der Waals surface area (Å²) in [4.78, 5) is 4.70. The summed E-state index contributed by atoms with van der Waals surface area (Å²) < 4.78 is 38.8. The molecular weight excluding hydrogens is 381 g/mol. The molecule has 8 heteroatoms. The van der Waals surface area contributed by atoms with Gasteiger partial charge in [0.1, 0.15) is 11.7 Å². The lowest BCUT2D eigenvalue weighted by Gasteiger charge is -2.34. The highest BCUT2D eigenvalue weighted by atomic mass is 19.4. The Bertz CT molecular complexity index is 1030. The van der Waals surface area contributed by atoms with Crippen LogP contribution in [0.15, 0.2) is 59.1 Å². The molecule has 148 valence electrons. The first-order valence-corrected chi connectivity index (χ1v) is 8.98. The first kappa shape index (κ1) is 19.0. The van der Waals surface area contributed by atoms with E-state index in [1.807, 2.05) is 11.9 Å². The molecular formula is C21H17F3N4O. The van der Waals surface area contributed by atoms with Crippen molar-refractivity contribution in [3.8, 4) is 11.8 Å². The first-order valence-electron chi connectivity index (χ1n) is 8.98. The third kappa shape index (κ3) is 3.34. The van der Waals surface area contributed by atoms with Crippen LogP contribution in [0.4, 0.5) is 13.2 Å². The lowest BCUT2D eigenvalue weighted by atomic mass is 9.94. The number of benzene rings is 2. The number of rotatable bonds is 2. The van der Waals surface area contributed by atoms with Gasteiger partial charge < -0.3 is 5.11 Å². The van der Waals surface area contributed by atoms with E-state index >= 15 is 0 Å². The summed E-state index contributed by atoms with van der Waals surface area (Å²) in [5, 5.41) is 20.9. The fourth-order valence-corrected chi connectivity index (χ4v) is 3.65. The lowest BCUT2D eigenvalue weighted by Crippen LogP contribution is -2.40. The summed E-state index contributed by atoms with van der Waals surface area (Å²) in [5.41, 5.74) is 5.90. The van der Waals surface area contributed by atoms with Gasteiger partial charge in [0, 0.05) is 17.7 Å².